The van der Waals surface area contributed by atoms with Crippen molar-refractivity contribution in [2.24, 2.45) is 0 Å². The maximum Gasteiger partial charge on any atom is 0.266 e. The van der Waals surface area contributed by atoms with E-state index in [1.165, 1.54) is 16.9 Å². The molecule has 0 aliphatic carbocycles. The number of carbonyl (C=O) groups excluding carboxylic acids is 1. The first-order chi connectivity index (χ1) is 16.0. The van der Waals surface area contributed by atoms with Gasteiger partial charge >= 0.3 is 0 Å². The third-order valence-corrected chi connectivity index (χ3v) is 6.83. The fourth-order valence-corrected chi connectivity index (χ4v) is 4.69. The maximum absolute atomic E-state index is 13.3. The molecule has 4 rings (SSSR count). The number of methoxy groups -OCH3 is 1. The Morgan fingerprint density at radius 2 is 1.85 bits per heavy atom. The second kappa shape index (κ2) is 12.4. The van der Waals surface area contributed by atoms with Crippen LogP contribution in [0.4, 0.5) is 5.13 Å². The molecule has 1 aliphatic rings. The molecule has 0 bridgehead atoms. The number of anilines is 1. The Kier molecular flexibility index (Phi) is 9.53. The van der Waals surface area contributed by atoms with Gasteiger partial charge in [0.2, 0.25) is 0 Å². The Labute approximate surface area is 211 Å². The van der Waals surface area contributed by atoms with Gasteiger partial charge in [0.25, 0.3) is 5.91 Å². The van der Waals surface area contributed by atoms with Gasteiger partial charge in [-0.15, -0.1) is 12.4 Å². The van der Waals surface area contributed by atoms with Crippen molar-refractivity contribution in [3.8, 4) is 11.5 Å². The van der Waals surface area contributed by atoms with Crippen molar-refractivity contribution < 1.29 is 19.0 Å². The summed E-state index contributed by atoms with van der Waals surface area (Å²) in [6.45, 7) is 8.77. The van der Waals surface area contributed by atoms with Gasteiger partial charge in [0.1, 0.15) is 11.5 Å². The SMILES string of the molecule is COc1ccc2sc(N(CCN3CCOCC3)C(=O)COc3ccc(C(C)C)cc3)nc2c1.Cl. The lowest BCUT2D eigenvalue weighted by Gasteiger charge is -2.29. The van der Waals surface area contributed by atoms with E-state index in [2.05, 4.69) is 18.7 Å². The van der Waals surface area contributed by atoms with Crippen molar-refractivity contribution in [2.45, 2.75) is 19.8 Å². The zero-order valence-electron chi connectivity index (χ0n) is 19.9. The highest BCUT2D eigenvalue weighted by molar-refractivity contribution is 7.22. The van der Waals surface area contributed by atoms with Crippen LogP contribution in [0.3, 0.4) is 0 Å². The van der Waals surface area contributed by atoms with Crippen molar-refractivity contribution in [3.05, 3.63) is 48.0 Å². The number of fused-ring (bicyclic) bond motifs is 1. The molecule has 184 valence electrons. The molecule has 1 aliphatic heterocycles. The number of amides is 1. The molecule has 1 amide bonds. The van der Waals surface area contributed by atoms with E-state index in [0.717, 1.165) is 48.8 Å². The highest BCUT2D eigenvalue weighted by Crippen LogP contribution is 2.31. The van der Waals surface area contributed by atoms with Crippen molar-refractivity contribution >= 4 is 45.0 Å². The minimum atomic E-state index is -0.109. The molecule has 0 atom stereocenters. The number of ether oxygens (including phenoxy) is 3. The Bertz CT molecular complexity index is 1070. The number of thiazole rings is 1. The Morgan fingerprint density at radius 1 is 1.15 bits per heavy atom. The van der Waals surface area contributed by atoms with Crippen LogP contribution in [0.1, 0.15) is 25.3 Å². The molecule has 34 heavy (non-hydrogen) atoms. The monoisotopic (exact) mass is 505 g/mol. The molecule has 2 heterocycles. The highest BCUT2D eigenvalue weighted by atomic mass is 35.5. The summed E-state index contributed by atoms with van der Waals surface area (Å²) in [6, 6.07) is 13.7. The normalized spacial score (nSPS) is 14.1. The standard InChI is InChI=1S/C25H31N3O4S.ClH/c1-18(2)19-4-6-20(7-5-19)32-17-24(29)28(11-10-27-12-14-31-15-13-27)25-26-22-16-21(30-3)8-9-23(22)33-25;/h4-9,16,18H,10-15,17H2,1-3H3;1H. The lowest BCUT2D eigenvalue weighted by molar-refractivity contribution is -0.120. The van der Waals surface area contributed by atoms with Gasteiger partial charge in [-0.25, -0.2) is 4.98 Å². The quantitative estimate of drug-likeness (QED) is 0.423. The number of hydrogen-bond acceptors (Lipinski definition) is 7. The van der Waals surface area contributed by atoms with E-state index in [1.54, 1.807) is 12.0 Å². The van der Waals surface area contributed by atoms with Gasteiger partial charge in [0.05, 0.1) is 30.5 Å². The summed E-state index contributed by atoms with van der Waals surface area (Å²) in [7, 11) is 1.64. The van der Waals surface area contributed by atoms with Crippen molar-refractivity contribution in [1.29, 1.82) is 0 Å². The first-order valence-corrected chi connectivity index (χ1v) is 12.1. The first kappa shape index (κ1) is 26.2. The molecule has 0 radical (unpaired) electrons. The van der Waals surface area contributed by atoms with Crippen LogP contribution in [0, 0.1) is 0 Å². The number of halogens is 1. The zero-order valence-corrected chi connectivity index (χ0v) is 21.5. The van der Waals surface area contributed by atoms with Crippen molar-refractivity contribution in [2.75, 3.05) is 58.0 Å². The molecule has 0 saturated carbocycles. The second-order valence-electron chi connectivity index (χ2n) is 8.34. The Balaban J connectivity index is 0.00000324. The fourth-order valence-electron chi connectivity index (χ4n) is 3.70. The molecular formula is C25H32ClN3O4S. The van der Waals surface area contributed by atoms with Crippen LogP contribution in [0.15, 0.2) is 42.5 Å². The molecule has 1 fully saturated rings. The fraction of sp³-hybridized carbons (Fsp3) is 0.440. The molecule has 0 spiro atoms. The maximum atomic E-state index is 13.3. The largest absolute Gasteiger partial charge is 0.497 e. The lowest BCUT2D eigenvalue weighted by Crippen LogP contribution is -2.44. The summed E-state index contributed by atoms with van der Waals surface area (Å²) in [4.78, 5) is 22.1. The summed E-state index contributed by atoms with van der Waals surface area (Å²) in [6.07, 6.45) is 0. The lowest BCUT2D eigenvalue weighted by atomic mass is 10.0. The first-order valence-electron chi connectivity index (χ1n) is 11.3. The summed E-state index contributed by atoms with van der Waals surface area (Å²) in [5.41, 5.74) is 2.06. The number of hydrogen-bond donors (Lipinski definition) is 0. The molecule has 1 saturated heterocycles. The van der Waals surface area contributed by atoms with E-state index in [0.29, 0.717) is 23.3 Å². The number of morpholine rings is 1. The van der Waals surface area contributed by atoms with E-state index >= 15 is 0 Å². The molecule has 7 nitrogen and oxygen atoms in total. The van der Waals surface area contributed by atoms with E-state index in [9.17, 15) is 4.79 Å². The third-order valence-electron chi connectivity index (χ3n) is 5.77. The molecule has 0 unspecified atom stereocenters. The van der Waals surface area contributed by atoms with E-state index < -0.39 is 0 Å². The summed E-state index contributed by atoms with van der Waals surface area (Å²) >= 11 is 1.51. The molecular weight excluding hydrogens is 474 g/mol. The van der Waals surface area contributed by atoms with Gasteiger partial charge in [-0.1, -0.05) is 37.3 Å². The third kappa shape index (κ3) is 6.60. The van der Waals surface area contributed by atoms with Crippen molar-refractivity contribution in [1.82, 2.24) is 9.88 Å². The van der Waals surface area contributed by atoms with Crippen LogP contribution in [-0.4, -0.2) is 68.9 Å². The average molecular weight is 506 g/mol. The van der Waals surface area contributed by atoms with Gasteiger partial charge in [-0.3, -0.25) is 14.6 Å². The molecule has 3 aromatic rings. The molecule has 9 heteroatoms. The minimum absolute atomic E-state index is 0. The molecule has 2 aromatic carbocycles. The van der Waals surface area contributed by atoms with E-state index in [-0.39, 0.29) is 24.9 Å². The van der Waals surface area contributed by atoms with Gasteiger partial charge in [0, 0.05) is 32.2 Å². The Morgan fingerprint density at radius 3 is 2.53 bits per heavy atom. The van der Waals surface area contributed by atoms with Crippen LogP contribution in [0.2, 0.25) is 0 Å². The van der Waals surface area contributed by atoms with Gasteiger partial charge in [-0.05, 0) is 35.7 Å². The van der Waals surface area contributed by atoms with Crippen LogP contribution in [-0.2, 0) is 9.53 Å². The zero-order chi connectivity index (χ0) is 23.2. The van der Waals surface area contributed by atoms with Crippen LogP contribution in [0.5, 0.6) is 11.5 Å². The minimum Gasteiger partial charge on any atom is -0.497 e. The summed E-state index contributed by atoms with van der Waals surface area (Å²) in [5.74, 6) is 1.78. The number of carbonyl (C=O) groups is 1. The van der Waals surface area contributed by atoms with E-state index in [4.69, 9.17) is 19.2 Å². The number of nitrogens with zero attached hydrogens (tertiary/aromatic N) is 3. The average Bonchev–Trinajstić information content (AvgIpc) is 3.26. The number of benzene rings is 2. The topological polar surface area (TPSA) is 64.1 Å². The van der Waals surface area contributed by atoms with Gasteiger partial charge in [-0.2, -0.15) is 0 Å². The number of rotatable bonds is 9. The van der Waals surface area contributed by atoms with Crippen LogP contribution < -0.4 is 14.4 Å². The summed E-state index contributed by atoms with van der Waals surface area (Å²) < 4.78 is 17.6. The van der Waals surface area contributed by atoms with Crippen molar-refractivity contribution in [3.63, 3.8) is 0 Å². The Hall–Kier alpha value is -2.39. The van der Waals surface area contributed by atoms with Gasteiger partial charge in [0.15, 0.2) is 11.7 Å². The second-order valence-corrected chi connectivity index (χ2v) is 9.35. The van der Waals surface area contributed by atoms with Gasteiger partial charge < -0.3 is 14.2 Å². The highest BCUT2D eigenvalue weighted by Gasteiger charge is 2.22. The predicted molar refractivity (Wildman–Crippen MR) is 139 cm³/mol. The summed E-state index contributed by atoms with van der Waals surface area (Å²) in [5, 5.41) is 0.676. The van der Waals surface area contributed by atoms with Crippen LogP contribution in [0.25, 0.3) is 10.2 Å². The van der Waals surface area contributed by atoms with Crippen LogP contribution >= 0.6 is 23.7 Å². The smallest absolute Gasteiger partial charge is 0.266 e. The number of aromatic nitrogens is 1. The van der Waals surface area contributed by atoms with E-state index in [1.807, 2.05) is 42.5 Å². The molecule has 0 N–H and O–H groups in total. The molecule has 1 aromatic heterocycles. The predicted octanol–water partition coefficient (Wildman–Crippen LogP) is 4.59.